The molecule has 0 unspecified atom stereocenters. The van der Waals surface area contributed by atoms with Crippen molar-refractivity contribution in [1.82, 2.24) is 24.9 Å². The van der Waals surface area contributed by atoms with Crippen molar-refractivity contribution in [3.8, 4) is 22.5 Å². The second kappa shape index (κ2) is 6.35. The fraction of sp³-hybridized carbons (Fsp3) is 0.227. The van der Waals surface area contributed by atoms with Gasteiger partial charge in [0.1, 0.15) is 11.5 Å². The summed E-state index contributed by atoms with van der Waals surface area (Å²) in [6.45, 7) is 1.98. The zero-order valence-corrected chi connectivity index (χ0v) is 15.7. The van der Waals surface area contributed by atoms with Crippen LogP contribution in [0.15, 0.2) is 61.1 Å². The first-order valence-electron chi connectivity index (χ1n) is 9.82. The zero-order chi connectivity index (χ0) is 19.4. The molecule has 2 saturated heterocycles. The molecule has 0 spiro atoms. The van der Waals surface area contributed by atoms with Crippen LogP contribution in [-0.2, 0) is 0 Å². The Labute approximate surface area is 167 Å². The predicted molar refractivity (Wildman–Crippen MR) is 109 cm³/mol. The minimum atomic E-state index is -0.262. The Balaban J connectivity index is 1.60. The van der Waals surface area contributed by atoms with Gasteiger partial charge < -0.3 is 10.2 Å². The molecular formula is C22H19FN6. The molecular weight excluding hydrogens is 367 g/mol. The summed E-state index contributed by atoms with van der Waals surface area (Å²) in [4.78, 5) is 11.6. The average Bonchev–Trinajstić information content (AvgIpc) is 3.48. The second-order valence-electron chi connectivity index (χ2n) is 7.65. The third-order valence-electron chi connectivity index (χ3n) is 5.94. The highest BCUT2D eigenvalue weighted by Gasteiger charge is 2.38. The molecule has 1 N–H and O–H groups in total. The van der Waals surface area contributed by atoms with Crippen molar-refractivity contribution in [3.63, 3.8) is 0 Å². The molecule has 2 aliphatic heterocycles. The number of hydrogen-bond donors (Lipinski definition) is 1. The molecule has 6 nitrogen and oxygen atoms in total. The largest absolute Gasteiger partial charge is 0.363 e. The molecule has 2 fully saturated rings. The monoisotopic (exact) mass is 386 g/mol. The van der Waals surface area contributed by atoms with Crippen LogP contribution in [0.25, 0.3) is 28.2 Å². The van der Waals surface area contributed by atoms with Crippen LogP contribution >= 0.6 is 0 Å². The molecule has 0 saturated carbocycles. The van der Waals surface area contributed by atoms with Gasteiger partial charge in [0, 0.05) is 48.7 Å². The van der Waals surface area contributed by atoms with Crippen molar-refractivity contribution >= 4 is 11.3 Å². The number of hydrogen-bond acceptors (Lipinski definition) is 5. The highest BCUT2D eigenvalue weighted by molar-refractivity contribution is 5.85. The van der Waals surface area contributed by atoms with Gasteiger partial charge in [-0.1, -0.05) is 0 Å². The van der Waals surface area contributed by atoms with Crippen molar-refractivity contribution < 1.29 is 4.39 Å². The highest BCUT2D eigenvalue weighted by Crippen LogP contribution is 2.37. The quantitative estimate of drug-likeness (QED) is 0.586. The lowest BCUT2D eigenvalue weighted by atomic mass is 10.1. The van der Waals surface area contributed by atoms with Gasteiger partial charge in [-0.3, -0.25) is 4.98 Å². The third-order valence-corrected chi connectivity index (χ3v) is 5.94. The number of anilines is 1. The summed E-state index contributed by atoms with van der Waals surface area (Å²) in [6.07, 6.45) is 6.52. The van der Waals surface area contributed by atoms with Gasteiger partial charge in [0.15, 0.2) is 5.65 Å². The number of imidazole rings is 1. The van der Waals surface area contributed by atoms with E-state index in [1.807, 2.05) is 28.9 Å². The normalized spacial score (nSPS) is 20.7. The van der Waals surface area contributed by atoms with Crippen molar-refractivity contribution in [2.24, 2.45) is 0 Å². The van der Waals surface area contributed by atoms with Crippen LogP contribution in [0, 0.1) is 5.82 Å². The maximum Gasteiger partial charge on any atom is 0.178 e. The van der Waals surface area contributed by atoms with Crippen LogP contribution in [0.5, 0.6) is 0 Å². The average molecular weight is 386 g/mol. The SMILES string of the molecule is Fc1ccc(-c2nc3c(N4C[C@@H]5C[C@H]4CN5)ccnn3c2-c2ccncc2)cc1. The number of rotatable bonds is 3. The lowest BCUT2D eigenvalue weighted by Gasteiger charge is -2.29. The molecule has 3 aromatic heterocycles. The first-order valence-corrected chi connectivity index (χ1v) is 9.82. The van der Waals surface area contributed by atoms with Gasteiger partial charge in [-0.25, -0.2) is 13.9 Å². The number of fused-ring (bicyclic) bond motifs is 3. The van der Waals surface area contributed by atoms with Crippen molar-refractivity contribution in [3.05, 3.63) is 66.9 Å². The van der Waals surface area contributed by atoms with E-state index in [-0.39, 0.29) is 5.82 Å². The molecule has 0 radical (unpaired) electrons. The van der Waals surface area contributed by atoms with Gasteiger partial charge in [0.05, 0.1) is 17.6 Å². The van der Waals surface area contributed by atoms with Crippen molar-refractivity contribution in [2.75, 3.05) is 18.0 Å². The van der Waals surface area contributed by atoms with Crippen LogP contribution in [0.3, 0.4) is 0 Å². The summed E-state index contributed by atoms with van der Waals surface area (Å²) in [5, 5.41) is 8.18. The number of nitrogens with one attached hydrogen (secondary N) is 1. The molecule has 144 valence electrons. The molecule has 5 heterocycles. The summed E-state index contributed by atoms with van der Waals surface area (Å²) >= 11 is 0. The number of nitrogens with zero attached hydrogens (tertiary/aromatic N) is 5. The Hall–Kier alpha value is -3.32. The van der Waals surface area contributed by atoms with Crippen LogP contribution in [0.4, 0.5) is 10.1 Å². The molecule has 2 atom stereocenters. The first-order chi connectivity index (χ1) is 14.3. The van der Waals surface area contributed by atoms with Crippen molar-refractivity contribution in [1.29, 1.82) is 0 Å². The lowest BCUT2D eigenvalue weighted by molar-refractivity contribution is 0.580. The summed E-state index contributed by atoms with van der Waals surface area (Å²) in [7, 11) is 0. The molecule has 7 heteroatoms. The Bertz CT molecular complexity index is 1190. The molecule has 0 aliphatic carbocycles. The third kappa shape index (κ3) is 2.61. The number of aromatic nitrogens is 4. The van der Waals surface area contributed by atoms with E-state index in [9.17, 15) is 4.39 Å². The maximum atomic E-state index is 13.5. The van der Waals surface area contributed by atoms with Gasteiger partial charge in [0.25, 0.3) is 0 Å². The van der Waals surface area contributed by atoms with E-state index in [0.29, 0.717) is 12.1 Å². The Morgan fingerprint density at radius 1 is 0.966 bits per heavy atom. The van der Waals surface area contributed by atoms with Gasteiger partial charge in [0.2, 0.25) is 0 Å². The van der Waals surface area contributed by atoms with Gasteiger partial charge >= 0.3 is 0 Å². The minimum absolute atomic E-state index is 0.262. The predicted octanol–water partition coefficient (Wildman–Crippen LogP) is 3.15. The van der Waals surface area contributed by atoms with E-state index in [1.165, 1.54) is 12.1 Å². The number of halogens is 1. The maximum absolute atomic E-state index is 13.5. The summed E-state index contributed by atoms with van der Waals surface area (Å²) in [6, 6.07) is 13.4. The van der Waals surface area contributed by atoms with E-state index in [2.05, 4.69) is 20.3 Å². The zero-order valence-electron chi connectivity index (χ0n) is 15.7. The number of piperazine rings is 1. The van der Waals surface area contributed by atoms with E-state index in [1.54, 1.807) is 24.5 Å². The van der Waals surface area contributed by atoms with Crippen LogP contribution < -0.4 is 10.2 Å². The van der Waals surface area contributed by atoms with Gasteiger partial charge in [-0.2, -0.15) is 5.10 Å². The Morgan fingerprint density at radius 3 is 2.52 bits per heavy atom. The van der Waals surface area contributed by atoms with Crippen LogP contribution in [-0.4, -0.2) is 44.8 Å². The van der Waals surface area contributed by atoms with Crippen LogP contribution in [0.1, 0.15) is 6.42 Å². The van der Waals surface area contributed by atoms with Crippen molar-refractivity contribution in [2.45, 2.75) is 18.5 Å². The number of benzene rings is 1. The molecule has 4 aromatic rings. The molecule has 2 aliphatic rings. The van der Waals surface area contributed by atoms with E-state index < -0.39 is 0 Å². The fourth-order valence-corrected chi connectivity index (χ4v) is 4.59. The second-order valence-corrected chi connectivity index (χ2v) is 7.65. The summed E-state index contributed by atoms with van der Waals surface area (Å²) in [5.41, 5.74) is 5.43. The van der Waals surface area contributed by atoms with Gasteiger partial charge in [-0.05, 0) is 48.9 Å². The molecule has 0 amide bonds. The number of pyridine rings is 1. The topological polar surface area (TPSA) is 58.4 Å². The Morgan fingerprint density at radius 2 is 1.79 bits per heavy atom. The Kier molecular flexibility index (Phi) is 3.64. The molecule has 2 bridgehead atoms. The molecule has 6 rings (SSSR count). The van der Waals surface area contributed by atoms with Gasteiger partial charge in [-0.15, -0.1) is 0 Å². The fourth-order valence-electron chi connectivity index (χ4n) is 4.59. The van der Waals surface area contributed by atoms with E-state index in [4.69, 9.17) is 4.98 Å². The lowest BCUT2D eigenvalue weighted by Crippen LogP contribution is -2.43. The molecule has 29 heavy (non-hydrogen) atoms. The standard InChI is InChI=1S/C22H19FN6/c23-16-3-1-14(2-4-16)20-21(15-5-8-24-9-6-15)29-22(27-20)19(7-10-26-29)28-13-17-11-18(28)12-25-17/h1-10,17-18,25H,11-13H2/t17-,18-/m0/s1. The summed E-state index contributed by atoms with van der Waals surface area (Å²) < 4.78 is 15.4. The highest BCUT2D eigenvalue weighted by atomic mass is 19.1. The smallest absolute Gasteiger partial charge is 0.178 e. The molecule has 1 aromatic carbocycles. The van der Waals surface area contributed by atoms with E-state index >= 15 is 0 Å². The van der Waals surface area contributed by atoms with E-state index in [0.717, 1.165) is 53.4 Å². The first kappa shape index (κ1) is 16.6. The summed E-state index contributed by atoms with van der Waals surface area (Å²) in [5.74, 6) is -0.262. The minimum Gasteiger partial charge on any atom is -0.363 e. The van der Waals surface area contributed by atoms with Crippen LogP contribution in [0.2, 0.25) is 0 Å².